The molecule has 1 heterocycles. The minimum absolute atomic E-state index is 0.00403. The van der Waals surface area contributed by atoms with Gasteiger partial charge in [0, 0.05) is 19.5 Å². The lowest BCUT2D eigenvalue weighted by molar-refractivity contribution is -0.121. The molecule has 1 amide bonds. The number of rotatable bonds is 6. The number of carbonyl (C=O) groups is 1. The lowest BCUT2D eigenvalue weighted by Crippen LogP contribution is -2.20. The molecule has 0 atom stereocenters. The average molecular weight is 199 g/mol. The van der Waals surface area contributed by atoms with Crippen LogP contribution in [0.25, 0.3) is 0 Å². The van der Waals surface area contributed by atoms with Crippen LogP contribution in [0, 0.1) is 0 Å². The number of H-pyrrole nitrogens is 1. The fourth-order valence-electron chi connectivity index (χ4n) is 0.809. The lowest BCUT2D eigenvalue weighted by atomic mass is 10.6. The molecule has 0 unspecified atom stereocenters. The summed E-state index contributed by atoms with van der Waals surface area (Å²) in [6.07, 6.45) is 3.18. The van der Waals surface area contributed by atoms with Crippen molar-refractivity contribution in [3.05, 3.63) is 12.4 Å². The molecule has 0 aromatic carbocycles. The Labute approximate surface area is 81.6 Å². The third-order valence-electron chi connectivity index (χ3n) is 1.42. The van der Waals surface area contributed by atoms with Gasteiger partial charge in [-0.25, -0.2) is 4.98 Å². The maximum atomic E-state index is 11.1. The molecule has 14 heavy (non-hydrogen) atoms. The Bertz CT molecular complexity index is 261. The van der Waals surface area contributed by atoms with Crippen LogP contribution in [0.5, 0.6) is 0 Å². The number of ether oxygens (including phenoxy) is 2. The molecule has 6 heteroatoms. The van der Waals surface area contributed by atoms with Crippen LogP contribution in [0.2, 0.25) is 0 Å². The van der Waals surface area contributed by atoms with Crippen LogP contribution in [0.3, 0.4) is 0 Å². The number of nitrogens with zero attached hydrogens (tertiary/aromatic N) is 1. The standard InChI is InChI=1S/C8H13N3O3/c1-13-4-5-14-6-7(12)11-8-9-2-3-10-8/h2-3H,4-6H2,1H3,(H2,9,10,11,12). The first-order chi connectivity index (χ1) is 6.83. The van der Waals surface area contributed by atoms with Crippen molar-refractivity contribution in [3.63, 3.8) is 0 Å². The summed E-state index contributed by atoms with van der Waals surface area (Å²) in [6, 6.07) is 0. The van der Waals surface area contributed by atoms with Gasteiger partial charge >= 0.3 is 0 Å². The maximum absolute atomic E-state index is 11.1. The molecule has 2 N–H and O–H groups in total. The Morgan fingerprint density at radius 1 is 1.64 bits per heavy atom. The maximum Gasteiger partial charge on any atom is 0.252 e. The fourth-order valence-corrected chi connectivity index (χ4v) is 0.809. The van der Waals surface area contributed by atoms with Crippen LogP contribution in [-0.2, 0) is 14.3 Å². The normalized spacial score (nSPS) is 10.1. The van der Waals surface area contributed by atoms with Crippen molar-refractivity contribution in [3.8, 4) is 0 Å². The monoisotopic (exact) mass is 199 g/mol. The molecule has 0 spiro atoms. The zero-order valence-electron chi connectivity index (χ0n) is 7.95. The number of amides is 1. The number of methoxy groups -OCH3 is 1. The molecule has 0 saturated carbocycles. The number of imidazole rings is 1. The molecule has 1 aromatic heterocycles. The highest BCUT2D eigenvalue weighted by molar-refractivity contribution is 5.89. The molecule has 0 radical (unpaired) electrons. The van der Waals surface area contributed by atoms with E-state index in [2.05, 4.69) is 15.3 Å². The summed E-state index contributed by atoms with van der Waals surface area (Å²) in [5.74, 6) is 0.182. The fraction of sp³-hybridized carbons (Fsp3) is 0.500. The van der Waals surface area contributed by atoms with Gasteiger partial charge < -0.3 is 14.5 Å². The van der Waals surface area contributed by atoms with Gasteiger partial charge in [0.1, 0.15) is 6.61 Å². The predicted molar refractivity (Wildman–Crippen MR) is 49.9 cm³/mol. The third kappa shape index (κ3) is 4.01. The molecule has 0 bridgehead atoms. The smallest absolute Gasteiger partial charge is 0.252 e. The van der Waals surface area contributed by atoms with E-state index in [1.165, 1.54) is 0 Å². The first kappa shape index (κ1) is 10.7. The number of hydrogen-bond acceptors (Lipinski definition) is 4. The third-order valence-corrected chi connectivity index (χ3v) is 1.42. The Balaban J connectivity index is 2.11. The summed E-state index contributed by atoms with van der Waals surface area (Å²) < 4.78 is 9.76. The van der Waals surface area contributed by atoms with Gasteiger partial charge in [0.15, 0.2) is 0 Å². The van der Waals surface area contributed by atoms with Crippen LogP contribution in [0.15, 0.2) is 12.4 Å². The van der Waals surface area contributed by atoms with Gasteiger partial charge in [0.2, 0.25) is 5.95 Å². The molecule has 0 fully saturated rings. The van der Waals surface area contributed by atoms with Crippen LogP contribution in [0.1, 0.15) is 0 Å². The average Bonchev–Trinajstić information content (AvgIpc) is 2.65. The van der Waals surface area contributed by atoms with E-state index in [4.69, 9.17) is 9.47 Å². The summed E-state index contributed by atoms with van der Waals surface area (Å²) in [7, 11) is 1.58. The van der Waals surface area contributed by atoms with E-state index in [0.29, 0.717) is 19.2 Å². The number of anilines is 1. The van der Waals surface area contributed by atoms with Crippen LogP contribution >= 0.6 is 0 Å². The summed E-state index contributed by atoms with van der Waals surface area (Å²) >= 11 is 0. The number of hydrogen-bond donors (Lipinski definition) is 2. The minimum atomic E-state index is -0.240. The molecule has 0 aliphatic heterocycles. The second-order valence-corrected chi connectivity index (χ2v) is 2.53. The van der Waals surface area contributed by atoms with Gasteiger partial charge in [-0.2, -0.15) is 0 Å². The van der Waals surface area contributed by atoms with E-state index in [-0.39, 0.29) is 12.5 Å². The number of carbonyl (C=O) groups excluding carboxylic acids is 1. The molecule has 0 saturated heterocycles. The van der Waals surface area contributed by atoms with Crippen molar-refractivity contribution in [2.24, 2.45) is 0 Å². The highest BCUT2D eigenvalue weighted by Gasteiger charge is 2.02. The van der Waals surface area contributed by atoms with E-state index in [9.17, 15) is 4.79 Å². The second-order valence-electron chi connectivity index (χ2n) is 2.53. The summed E-state index contributed by atoms with van der Waals surface area (Å²) in [6.45, 7) is 0.889. The van der Waals surface area contributed by atoms with E-state index >= 15 is 0 Å². The van der Waals surface area contributed by atoms with Crippen molar-refractivity contribution >= 4 is 11.9 Å². The van der Waals surface area contributed by atoms with E-state index < -0.39 is 0 Å². The zero-order chi connectivity index (χ0) is 10.2. The van der Waals surface area contributed by atoms with Gasteiger partial charge in [-0.05, 0) is 0 Å². The Kier molecular flexibility index (Phi) is 4.66. The summed E-state index contributed by atoms with van der Waals surface area (Å²) in [4.78, 5) is 17.7. The van der Waals surface area contributed by atoms with Gasteiger partial charge in [-0.3, -0.25) is 10.1 Å². The first-order valence-corrected chi connectivity index (χ1v) is 4.19. The predicted octanol–water partition coefficient (Wildman–Crippen LogP) is 0.0112. The first-order valence-electron chi connectivity index (χ1n) is 4.19. The van der Waals surface area contributed by atoms with Gasteiger partial charge in [-0.1, -0.05) is 0 Å². The minimum Gasteiger partial charge on any atom is -0.382 e. The van der Waals surface area contributed by atoms with Crippen LogP contribution < -0.4 is 5.32 Å². The molecule has 1 aromatic rings. The topological polar surface area (TPSA) is 76.2 Å². The Morgan fingerprint density at radius 3 is 3.14 bits per heavy atom. The van der Waals surface area contributed by atoms with Crippen molar-refractivity contribution in [1.82, 2.24) is 9.97 Å². The SMILES string of the molecule is COCCOCC(=O)Nc1ncc[nH]1. The van der Waals surface area contributed by atoms with Gasteiger partial charge in [-0.15, -0.1) is 0 Å². The molecular weight excluding hydrogens is 186 g/mol. The number of aromatic amines is 1. The Morgan fingerprint density at radius 2 is 2.50 bits per heavy atom. The van der Waals surface area contributed by atoms with Crippen molar-refractivity contribution in [2.45, 2.75) is 0 Å². The highest BCUT2D eigenvalue weighted by Crippen LogP contribution is 1.94. The highest BCUT2D eigenvalue weighted by atomic mass is 16.5. The summed E-state index contributed by atoms with van der Waals surface area (Å²) in [5, 5.41) is 2.53. The molecule has 78 valence electrons. The number of aromatic nitrogens is 2. The zero-order valence-corrected chi connectivity index (χ0v) is 7.95. The quantitative estimate of drug-likeness (QED) is 0.633. The molecule has 0 aliphatic carbocycles. The van der Waals surface area contributed by atoms with Crippen LogP contribution in [0.4, 0.5) is 5.95 Å². The molecule has 6 nitrogen and oxygen atoms in total. The van der Waals surface area contributed by atoms with Crippen LogP contribution in [-0.4, -0.2) is 42.8 Å². The number of nitrogens with one attached hydrogen (secondary N) is 2. The Hall–Kier alpha value is -1.40. The van der Waals surface area contributed by atoms with E-state index in [1.807, 2.05) is 0 Å². The largest absolute Gasteiger partial charge is 0.382 e. The molecule has 0 aliphatic rings. The van der Waals surface area contributed by atoms with E-state index in [0.717, 1.165) is 0 Å². The van der Waals surface area contributed by atoms with Crippen molar-refractivity contribution in [2.75, 3.05) is 32.2 Å². The lowest BCUT2D eigenvalue weighted by Gasteiger charge is -2.03. The van der Waals surface area contributed by atoms with Crippen molar-refractivity contribution < 1.29 is 14.3 Å². The molecular formula is C8H13N3O3. The van der Waals surface area contributed by atoms with Crippen molar-refractivity contribution in [1.29, 1.82) is 0 Å². The summed E-state index contributed by atoms with van der Waals surface area (Å²) in [5.41, 5.74) is 0. The molecule has 1 rings (SSSR count). The second kappa shape index (κ2) is 6.11. The van der Waals surface area contributed by atoms with Gasteiger partial charge in [0.05, 0.1) is 13.2 Å². The van der Waals surface area contributed by atoms with E-state index in [1.54, 1.807) is 19.5 Å². The van der Waals surface area contributed by atoms with Gasteiger partial charge in [0.25, 0.3) is 5.91 Å².